The molecule has 0 aliphatic heterocycles. The molecule has 4 amide bonds. The van der Waals surface area contributed by atoms with Gasteiger partial charge >= 0.3 is 6.03 Å². The highest BCUT2D eigenvalue weighted by Gasteiger charge is 2.17. The zero-order valence-corrected chi connectivity index (χ0v) is 10.3. The zero-order valence-electron chi connectivity index (χ0n) is 9.54. The first-order valence-corrected chi connectivity index (χ1v) is 5.29. The molecular formula is C9H16ClN3O3. The number of hydrogen-bond acceptors (Lipinski definition) is 3. The average Bonchev–Trinajstić information content (AvgIpc) is 2.16. The molecule has 2 N–H and O–H groups in total. The van der Waals surface area contributed by atoms with Gasteiger partial charge < -0.3 is 10.2 Å². The predicted octanol–water partition coefficient (Wildman–Crippen LogP) is -0.0822. The van der Waals surface area contributed by atoms with Gasteiger partial charge in [0.15, 0.2) is 0 Å². The number of imide groups is 1. The van der Waals surface area contributed by atoms with Crippen LogP contribution in [0.25, 0.3) is 0 Å². The van der Waals surface area contributed by atoms with Gasteiger partial charge in [-0.3, -0.25) is 14.9 Å². The molecule has 0 radical (unpaired) electrons. The Morgan fingerprint density at radius 3 is 2.31 bits per heavy atom. The fraction of sp³-hybridized carbons (Fsp3) is 0.667. The quantitative estimate of drug-likeness (QED) is 0.684. The van der Waals surface area contributed by atoms with Crippen LogP contribution < -0.4 is 10.6 Å². The number of carbonyl (C=O) groups excluding carboxylic acids is 3. The van der Waals surface area contributed by atoms with Crippen LogP contribution >= 0.6 is 11.6 Å². The summed E-state index contributed by atoms with van der Waals surface area (Å²) in [5.41, 5.74) is 0. The maximum Gasteiger partial charge on any atom is 0.322 e. The maximum absolute atomic E-state index is 11.4. The standard InChI is InChI=1S/C9H16ClN3O3/c1-6(8(15)13(2)3)11-9(16)12-7(14)4-5-10/h6H,4-5H2,1-3H3,(H2,11,12,14,16). The Kier molecular flexibility index (Phi) is 6.48. The van der Waals surface area contributed by atoms with Crippen molar-refractivity contribution in [2.24, 2.45) is 0 Å². The van der Waals surface area contributed by atoms with Crippen LogP contribution in [0.4, 0.5) is 4.79 Å². The Balaban J connectivity index is 4.05. The number of hydrogen-bond donors (Lipinski definition) is 2. The van der Waals surface area contributed by atoms with Crippen LogP contribution in [0, 0.1) is 0 Å². The van der Waals surface area contributed by atoms with Gasteiger partial charge in [0.25, 0.3) is 0 Å². The topological polar surface area (TPSA) is 78.5 Å². The summed E-state index contributed by atoms with van der Waals surface area (Å²) in [7, 11) is 3.16. The van der Waals surface area contributed by atoms with E-state index in [0.717, 1.165) is 0 Å². The summed E-state index contributed by atoms with van der Waals surface area (Å²) in [5.74, 6) is -0.581. The van der Waals surface area contributed by atoms with Crippen LogP contribution in [0.5, 0.6) is 0 Å². The first-order chi connectivity index (χ1) is 7.38. The van der Waals surface area contributed by atoms with Crippen LogP contribution in [-0.2, 0) is 9.59 Å². The first-order valence-electron chi connectivity index (χ1n) is 4.76. The largest absolute Gasteiger partial charge is 0.347 e. The molecule has 7 heteroatoms. The van der Waals surface area contributed by atoms with Gasteiger partial charge in [0, 0.05) is 26.4 Å². The Hall–Kier alpha value is -1.30. The molecule has 0 bridgehead atoms. The molecule has 1 unspecified atom stereocenters. The van der Waals surface area contributed by atoms with Crippen LogP contribution in [0.15, 0.2) is 0 Å². The maximum atomic E-state index is 11.4. The van der Waals surface area contributed by atoms with Crippen LogP contribution in [-0.4, -0.2) is 48.8 Å². The normalized spacial score (nSPS) is 11.5. The van der Waals surface area contributed by atoms with E-state index in [1.807, 2.05) is 0 Å². The first kappa shape index (κ1) is 14.7. The van der Waals surface area contributed by atoms with E-state index in [1.165, 1.54) is 11.8 Å². The van der Waals surface area contributed by atoms with E-state index in [9.17, 15) is 14.4 Å². The van der Waals surface area contributed by atoms with Gasteiger partial charge in [-0.05, 0) is 6.92 Å². The fourth-order valence-corrected chi connectivity index (χ4v) is 1.13. The van der Waals surface area contributed by atoms with Crippen molar-refractivity contribution in [3.05, 3.63) is 0 Å². The van der Waals surface area contributed by atoms with E-state index < -0.39 is 18.0 Å². The lowest BCUT2D eigenvalue weighted by molar-refractivity contribution is -0.130. The van der Waals surface area contributed by atoms with Crippen molar-refractivity contribution >= 4 is 29.4 Å². The minimum atomic E-state index is -0.696. The highest BCUT2D eigenvalue weighted by atomic mass is 35.5. The summed E-state index contributed by atoms with van der Waals surface area (Å²) in [6.07, 6.45) is 0.0605. The second-order valence-corrected chi connectivity index (χ2v) is 3.79. The van der Waals surface area contributed by atoms with Crippen LogP contribution in [0.1, 0.15) is 13.3 Å². The fourth-order valence-electron chi connectivity index (χ4n) is 0.957. The number of likely N-dealkylation sites (N-methyl/N-ethyl adjacent to an activating group) is 1. The van der Waals surface area contributed by atoms with Gasteiger partial charge in [-0.1, -0.05) is 0 Å². The molecule has 0 saturated heterocycles. The minimum absolute atomic E-state index is 0.0605. The number of carbonyl (C=O) groups is 3. The summed E-state index contributed by atoms with van der Waals surface area (Å²) in [6, 6.07) is -1.38. The Labute approximate surface area is 99.3 Å². The number of halogens is 1. The third-order valence-electron chi connectivity index (χ3n) is 1.73. The molecule has 0 fully saturated rings. The second kappa shape index (κ2) is 7.05. The van der Waals surface area contributed by atoms with E-state index in [-0.39, 0.29) is 18.2 Å². The summed E-state index contributed by atoms with van der Waals surface area (Å²) >= 11 is 5.32. The van der Waals surface area contributed by atoms with Crippen molar-refractivity contribution in [1.29, 1.82) is 0 Å². The molecule has 1 atom stereocenters. The van der Waals surface area contributed by atoms with E-state index in [0.29, 0.717) is 0 Å². The monoisotopic (exact) mass is 249 g/mol. The van der Waals surface area contributed by atoms with Crippen molar-refractivity contribution in [3.8, 4) is 0 Å². The number of alkyl halides is 1. The van der Waals surface area contributed by atoms with Crippen molar-refractivity contribution in [3.63, 3.8) is 0 Å². The number of nitrogens with zero attached hydrogens (tertiary/aromatic N) is 1. The molecule has 0 saturated carbocycles. The van der Waals surface area contributed by atoms with E-state index >= 15 is 0 Å². The third kappa shape index (κ3) is 5.55. The van der Waals surface area contributed by atoms with E-state index in [2.05, 4.69) is 10.6 Å². The lowest BCUT2D eigenvalue weighted by atomic mass is 10.3. The molecule has 0 aliphatic rings. The number of amides is 4. The summed E-state index contributed by atoms with van der Waals surface area (Å²) in [4.78, 5) is 34.9. The van der Waals surface area contributed by atoms with Gasteiger partial charge in [0.1, 0.15) is 6.04 Å². The van der Waals surface area contributed by atoms with Crippen molar-refractivity contribution in [1.82, 2.24) is 15.5 Å². The second-order valence-electron chi connectivity index (χ2n) is 3.41. The smallest absolute Gasteiger partial charge is 0.322 e. The predicted molar refractivity (Wildman–Crippen MR) is 60.2 cm³/mol. The van der Waals surface area contributed by atoms with Gasteiger partial charge in [-0.2, -0.15) is 0 Å². The highest BCUT2D eigenvalue weighted by molar-refractivity contribution is 6.19. The minimum Gasteiger partial charge on any atom is -0.347 e. The van der Waals surface area contributed by atoms with Crippen molar-refractivity contribution in [2.45, 2.75) is 19.4 Å². The number of rotatable bonds is 4. The molecule has 92 valence electrons. The molecule has 6 nitrogen and oxygen atoms in total. The SMILES string of the molecule is CC(NC(=O)NC(=O)CCCl)C(=O)N(C)C. The van der Waals surface area contributed by atoms with Crippen LogP contribution in [0.2, 0.25) is 0 Å². The third-order valence-corrected chi connectivity index (χ3v) is 1.92. The number of urea groups is 1. The van der Waals surface area contributed by atoms with Crippen molar-refractivity contribution < 1.29 is 14.4 Å². The van der Waals surface area contributed by atoms with Gasteiger partial charge in [-0.15, -0.1) is 11.6 Å². The molecule has 0 aliphatic carbocycles. The lowest BCUT2D eigenvalue weighted by Crippen LogP contribution is -2.49. The van der Waals surface area contributed by atoms with Crippen LogP contribution in [0.3, 0.4) is 0 Å². The summed E-state index contributed by atoms with van der Waals surface area (Å²) in [6.45, 7) is 1.54. The zero-order chi connectivity index (χ0) is 12.7. The average molecular weight is 250 g/mol. The Bertz CT molecular complexity index is 281. The van der Waals surface area contributed by atoms with Gasteiger partial charge in [-0.25, -0.2) is 4.79 Å². The molecule has 0 aromatic carbocycles. The summed E-state index contributed by atoms with van der Waals surface area (Å²) < 4.78 is 0. The number of nitrogens with one attached hydrogen (secondary N) is 2. The molecular weight excluding hydrogens is 234 g/mol. The molecule has 16 heavy (non-hydrogen) atoms. The summed E-state index contributed by atoms with van der Waals surface area (Å²) in [5, 5.41) is 4.41. The van der Waals surface area contributed by atoms with E-state index in [1.54, 1.807) is 14.1 Å². The Morgan fingerprint density at radius 1 is 1.31 bits per heavy atom. The molecule has 0 aromatic heterocycles. The van der Waals surface area contributed by atoms with Crippen molar-refractivity contribution in [2.75, 3.05) is 20.0 Å². The molecule has 0 spiro atoms. The molecule has 0 aromatic rings. The molecule has 0 heterocycles. The highest BCUT2D eigenvalue weighted by Crippen LogP contribution is 1.89. The van der Waals surface area contributed by atoms with E-state index in [4.69, 9.17) is 11.6 Å². The lowest BCUT2D eigenvalue weighted by Gasteiger charge is -2.17. The van der Waals surface area contributed by atoms with Gasteiger partial charge in [0.05, 0.1) is 0 Å². The Morgan fingerprint density at radius 2 is 1.88 bits per heavy atom. The van der Waals surface area contributed by atoms with Gasteiger partial charge in [0.2, 0.25) is 11.8 Å². The molecule has 0 rings (SSSR count).